The van der Waals surface area contributed by atoms with E-state index in [0.717, 1.165) is 23.0 Å². The molecule has 1 unspecified atom stereocenters. The van der Waals surface area contributed by atoms with Crippen LogP contribution in [0.15, 0.2) is 35.3 Å². The Morgan fingerprint density at radius 1 is 1.60 bits per heavy atom. The molecule has 1 atom stereocenters. The lowest BCUT2D eigenvalue weighted by atomic mass is 10.1. The summed E-state index contributed by atoms with van der Waals surface area (Å²) >= 11 is 3.35. The Hall–Kier alpha value is -0.670. The molecule has 1 N–H and O–H groups in total. The van der Waals surface area contributed by atoms with E-state index < -0.39 is 0 Å². The van der Waals surface area contributed by atoms with Crippen LogP contribution in [0.5, 0.6) is 0 Å². The summed E-state index contributed by atoms with van der Waals surface area (Å²) in [5, 5.41) is 3.33. The fourth-order valence-electron chi connectivity index (χ4n) is 1.37. The molecular formula is C12H15BrFN. The van der Waals surface area contributed by atoms with E-state index in [4.69, 9.17) is 0 Å². The third-order valence-corrected chi connectivity index (χ3v) is 2.83. The average molecular weight is 272 g/mol. The van der Waals surface area contributed by atoms with E-state index in [-0.39, 0.29) is 11.9 Å². The molecule has 3 heteroatoms. The zero-order chi connectivity index (χ0) is 11.3. The van der Waals surface area contributed by atoms with Crippen molar-refractivity contribution in [3.8, 4) is 0 Å². The standard InChI is InChI=1S/C12H15BrFN/c1-3-7-15-12(4-2)10-6-5-9(14)8-11(10)13/h4-6,8,12,15H,2-3,7H2,1H3. The van der Waals surface area contributed by atoms with E-state index in [1.807, 2.05) is 6.08 Å². The molecule has 0 spiro atoms. The molecule has 1 aromatic carbocycles. The van der Waals surface area contributed by atoms with Gasteiger partial charge in [-0.25, -0.2) is 4.39 Å². The summed E-state index contributed by atoms with van der Waals surface area (Å²) in [6.07, 6.45) is 2.89. The zero-order valence-corrected chi connectivity index (χ0v) is 10.3. The van der Waals surface area contributed by atoms with Gasteiger partial charge in [0.2, 0.25) is 0 Å². The quantitative estimate of drug-likeness (QED) is 0.803. The first kappa shape index (κ1) is 12.4. The second kappa shape index (κ2) is 6.03. The summed E-state index contributed by atoms with van der Waals surface area (Å²) < 4.78 is 13.7. The fraction of sp³-hybridized carbons (Fsp3) is 0.333. The first-order valence-electron chi connectivity index (χ1n) is 5.00. The van der Waals surface area contributed by atoms with Gasteiger partial charge in [0.1, 0.15) is 5.82 Å². The van der Waals surface area contributed by atoms with E-state index in [1.165, 1.54) is 12.1 Å². The van der Waals surface area contributed by atoms with Crippen molar-refractivity contribution in [1.82, 2.24) is 5.32 Å². The minimum atomic E-state index is -0.232. The summed E-state index contributed by atoms with van der Waals surface area (Å²) in [6, 6.07) is 4.78. The van der Waals surface area contributed by atoms with E-state index >= 15 is 0 Å². The van der Waals surface area contributed by atoms with E-state index in [2.05, 4.69) is 34.7 Å². The van der Waals surface area contributed by atoms with E-state index in [1.54, 1.807) is 6.07 Å². The van der Waals surface area contributed by atoms with Crippen molar-refractivity contribution in [3.05, 3.63) is 46.7 Å². The van der Waals surface area contributed by atoms with Crippen molar-refractivity contribution >= 4 is 15.9 Å². The highest BCUT2D eigenvalue weighted by Crippen LogP contribution is 2.24. The van der Waals surface area contributed by atoms with Gasteiger partial charge >= 0.3 is 0 Å². The molecule has 1 aromatic rings. The SMILES string of the molecule is C=CC(NCCC)c1ccc(F)cc1Br. The Morgan fingerprint density at radius 3 is 2.87 bits per heavy atom. The van der Waals surface area contributed by atoms with Crippen molar-refractivity contribution < 1.29 is 4.39 Å². The molecule has 0 radical (unpaired) electrons. The second-order valence-corrected chi connectivity index (χ2v) is 4.19. The molecular weight excluding hydrogens is 257 g/mol. The lowest BCUT2D eigenvalue weighted by molar-refractivity contribution is 0.602. The first-order valence-corrected chi connectivity index (χ1v) is 5.79. The normalized spacial score (nSPS) is 12.5. The average Bonchev–Trinajstić information content (AvgIpc) is 2.21. The molecule has 1 nitrogen and oxygen atoms in total. The maximum atomic E-state index is 12.9. The third-order valence-electron chi connectivity index (χ3n) is 2.15. The number of hydrogen-bond donors (Lipinski definition) is 1. The molecule has 0 fully saturated rings. The van der Waals surface area contributed by atoms with Crippen LogP contribution in [-0.2, 0) is 0 Å². The third kappa shape index (κ3) is 3.43. The molecule has 0 aliphatic carbocycles. The molecule has 82 valence electrons. The predicted molar refractivity (Wildman–Crippen MR) is 65.3 cm³/mol. The Balaban J connectivity index is 2.86. The molecule has 0 aromatic heterocycles. The summed E-state index contributed by atoms with van der Waals surface area (Å²) in [5.74, 6) is -0.232. The van der Waals surface area contributed by atoms with Crippen molar-refractivity contribution in [2.75, 3.05) is 6.54 Å². The van der Waals surface area contributed by atoms with Crippen LogP contribution in [0.4, 0.5) is 4.39 Å². The minimum Gasteiger partial charge on any atom is -0.307 e. The van der Waals surface area contributed by atoms with Crippen LogP contribution in [0.25, 0.3) is 0 Å². The second-order valence-electron chi connectivity index (χ2n) is 3.33. The Labute approximate surface area is 98.5 Å². The number of halogens is 2. The topological polar surface area (TPSA) is 12.0 Å². The lowest BCUT2D eigenvalue weighted by Crippen LogP contribution is -2.20. The van der Waals surface area contributed by atoms with Crippen LogP contribution >= 0.6 is 15.9 Å². The van der Waals surface area contributed by atoms with Gasteiger partial charge in [-0.05, 0) is 30.7 Å². The molecule has 15 heavy (non-hydrogen) atoms. The van der Waals surface area contributed by atoms with E-state index in [0.29, 0.717) is 0 Å². The summed E-state index contributed by atoms with van der Waals surface area (Å²) in [5.41, 5.74) is 1.01. The Bertz CT molecular complexity index is 338. The fourth-order valence-corrected chi connectivity index (χ4v) is 1.97. The van der Waals surface area contributed by atoms with Crippen LogP contribution in [0.2, 0.25) is 0 Å². The smallest absolute Gasteiger partial charge is 0.124 e. The van der Waals surface area contributed by atoms with Gasteiger partial charge in [-0.1, -0.05) is 35.0 Å². The monoisotopic (exact) mass is 271 g/mol. The van der Waals surface area contributed by atoms with Crippen LogP contribution in [0.1, 0.15) is 24.9 Å². The Morgan fingerprint density at radius 2 is 2.33 bits per heavy atom. The van der Waals surface area contributed by atoms with Crippen LogP contribution in [0, 0.1) is 5.82 Å². The lowest BCUT2D eigenvalue weighted by Gasteiger charge is -2.16. The first-order chi connectivity index (χ1) is 7.19. The maximum absolute atomic E-state index is 12.9. The van der Waals surface area contributed by atoms with Crippen molar-refractivity contribution in [3.63, 3.8) is 0 Å². The Kier molecular flexibility index (Phi) is 4.99. The van der Waals surface area contributed by atoms with Gasteiger partial charge in [0.05, 0.1) is 6.04 Å². The molecule has 0 heterocycles. The number of nitrogens with one attached hydrogen (secondary N) is 1. The zero-order valence-electron chi connectivity index (χ0n) is 8.76. The molecule has 0 saturated carbocycles. The highest BCUT2D eigenvalue weighted by atomic mass is 79.9. The van der Waals surface area contributed by atoms with Gasteiger partial charge in [0.25, 0.3) is 0 Å². The molecule has 0 saturated heterocycles. The van der Waals surface area contributed by atoms with Crippen molar-refractivity contribution in [2.24, 2.45) is 0 Å². The number of benzene rings is 1. The molecule has 0 aliphatic heterocycles. The van der Waals surface area contributed by atoms with Crippen LogP contribution in [-0.4, -0.2) is 6.54 Å². The molecule has 0 aliphatic rings. The van der Waals surface area contributed by atoms with Crippen molar-refractivity contribution in [1.29, 1.82) is 0 Å². The van der Waals surface area contributed by atoms with Crippen LogP contribution in [0.3, 0.4) is 0 Å². The molecule has 1 rings (SSSR count). The van der Waals surface area contributed by atoms with Gasteiger partial charge in [0.15, 0.2) is 0 Å². The minimum absolute atomic E-state index is 0.0694. The van der Waals surface area contributed by atoms with Crippen molar-refractivity contribution in [2.45, 2.75) is 19.4 Å². The summed E-state index contributed by atoms with van der Waals surface area (Å²) in [4.78, 5) is 0. The largest absolute Gasteiger partial charge is 0.307 e. The van der Waals surface area contributed by atoms with Gasteiger partial charge in [-0.15, -0.1) is 6.58 Å². The molecule has 0 bridgehead atoms. The van der Waals surface area contributed by atoms with Crippen LogP contribution < -0.4 is 5.32 Å². The number of rotatable bonds is 5. The summed E-state index contributed by atoms with van der Waals surface area (Å²) in [6.45, 7) is 6.80. The number of hydrogen-bond acceptors (Lipinski definition) is 1. The van der Waals surface area contributed by atoms with Gasteiger partial charge in [-0.3, -0.25) is 0 Å². The highest BCUT2D eigenvalue weighted by Gasteiger charge is 2.10. The van der Waals surface area contributed by atoms with Gasteiger partial charge in [-0.2, -0.15) is 0 Å². The predicted octanol–water partition coefficient (Wildman–Crippen LogP) is 3.81. The summed E-state index contributed by atoms with van der Waals surface area (Å²) in [7, 11) is 0. The van der Waals surface area contributed by atoms with E-state index in [9.17, 15) is 4.39 Å². The van der Waals surface area contributed by atoms with Gasteiger partial charge in [0, 0.05) is 4.47 Å². The van der Waals surface area contributed by atoms with Gasteiger partial charge < -0.3 is 5.32 Å². The highest BCUT2D eigenvalue weighted by molar-refractivity contribution is 9.10. The maximum Gasteiger partial charge on any atom is 0.124 e. The molecule has 0 amide bonds.